The van der Waals surface area contributed by atoms with Crippen LogP contribution in [-0.2, 0) is 4.79 Å². The SMILES string of the molecule is C#CCC(C)NC(=O)[C@H](C)O. The Morgan fingerprint density at radius 1 is 1.73 bits per heavy atom. The predicted molar refractivity (Wildman–Crippen MR) is 42.7 cm³/mol. The molecule has 0 aromatic carbocycles. The smallest absolute Gasteiger partial charge is 0.248 e. The molecule has 0 fully saturated rings. The van der Waals surface area contributed by atoms with Crippen molar-refractivity contribution in [1.29, 1.82) is 0 Å². The summed E-state index contributed by atoms with van der Waals surface area (Å²) in [5, 5.41) is 11.3. The van der Waals surface area contributed by atoms with Gasteiger partial charge in [0.05, 0.1) is 0 Å². The van der Waals surface area contributed by atoms with Crippen LogP contribution >= 0.6 is 0 Å². The fourth-order valence-corrected chi connectivity index (χ4v) is 0.591. The van der Waals surface area contributed by atoms with E-state index in [1.165, 1.54) is 6.92 Å². The summed E-state index contributed by atoms with van der Waals surface area (Å²) in [4.78, 5) is 10.8. The Morgan fingerprint density at radius 2 is 2.27 bits per heavy atom. The first-order valence-electron chi connectivity index (χ1n) is 3.49. The van der Waals surface area contributed by atoms with Crippen molar-refractivity contribution in [3.63, 3.8) is 0 Å². The van der Waals surface area contributed by atoms with Crippen LogP contribution < -0.4 is 5.32 Å². The molecule has 11 heavy (non-hydrogen) atoms. The number of rotatable bonds is 3. The minimum Gasteiger partial charge on any atom is -0.384 e. The molecule has 0 radical (unpaired) electrons. The summed E-state index contributed by atoms with van der Waals surface area (Å²) in [7, 11) is 0. The second kappa shape index (κ2) is 4.75. The lowest BCUT2D eigenvalue weighted by molar-refractivity contribution is -0.129. The van der Waals surface area contributed by atoms with Gasteiger partial charge in [0.2, 0.25) is 5.91 Å². The van der Waals surface area contributed by atoms with Crippen molar-refractivity contribution in [2.24, 2.45) is 0 Å². The Morgan fingerprint density at radius 3 is 2.64 bits per heavy atom. The summed E-state index contributed by atoms with van der Waals surface area (Å²) < 4.78 is 0. The fourth-order valence-electron chi connectivity index (χ4n) is 0.591. The Kier molecular flexibility index (Phi) is 4.32. The highest BCUT2D eigenvalue weighted by molar-refractivity contribution is 5.80. The van der Waals surface area contributed by atoms with E-state index in [4.69, 9.17) is 11.5 Å². The van der Waals surface area contributed by atoms with E-state index in [0.717, 1.165) is 0 Å². The van der Waals surface area contributed by atoms with E-state index in [2.05, 4.69) is 11.2 Å². The van der Waals surface area contributed by atoms with Crippen molar-refractivity contribution < 1.29 is 9.90 Å². The molecule has 0 aromatic rings. The molecule has 3 nitrogen and oxygen atoms in total. The Balaban J connectivity index is 3.68. The highest BCUT2D eigenvalue weighted by atomic mass is 16.3. The summed E-state index contributed by atoms with van der Waals surface area (Å²) >= 11 is 0. The third kappa shape index (κ3) is 4.40. The molecule has 0 heterocycles. The van der Waals surface area contributed by atoms with E-state index < -0.39 is 6.10 Å². The maximum absolute atomic E-state index is 10.8. The zero-order chi connectivity index (χ0) is 8.85. The van der Waals surface area contributed by atoms with Gasteiger partial charge in [-0.05, 0) is 13.8 Å². The second-order valence-electron chi connectivity index (χ2n) is 2.49. The molecule has 0 aliphatic heterocycles. The number of aliphatic hydroxyl groups is 1. The third-order valence-electron chi connectivity index (χ3n) is 1.19. The van der Waals surface area contributed by atoms with Crippen LogP contribution in [-0.4, -0.2) is 23.2 Å². The maximum Gasteiger partial charge on any atom is 0.248 e. The number of carbonyl (C=O) groups is 1. The summed E-state index contributed by atoms with van der Waals surface area (Å²) in [6, 6.07) is -0.0675. The van der Waals surface area contributed by atoms with Crippen molar-refractivity contribution in [3.8, 4) is 12.3 Å². The number of nitrogens with one attached hydrogen (secondary N) is 1. The lowest BCUT2D eigenvalue weighted by Gasteiger charge is -2.11. The highest BCUT2D eigenvalue weighted by Crippen LogP contribution is 1.89. The van der Waals surface area contributed by atoms with Gasteiger partial charge >= 0.3 is 0 Å². The van der Waals surface area contributed by atoms with E-state index in [9.17, 15) is 4.79 Å². The van der Waals surface area contributed by atoms with Crippen molar-refractivity contribution in [3.05, 3.63) is 0 Å². The molecule has 0 saturated heterocycles. The monoisotopic (exact) mass is 155 g/mol. The van der Waals surface area contributed by atoms with Gasteiger partial charge in [0.15, 0.2) is 0 Å². The fraction of sp³-hybridized carbons (Fsp3) is 0.625. The molecular weight excluding hydrogens is 142 g/mol. The first-order chi connectivity index (χ1) is 5.07. The van der Waals surface area contributed by atoms with Crippen molar-refractivity contribution in [2.75, 3.05) is 0 Å². The predicted octanol–water partition coefficient (Wildman–Crippen LogP) is -0.105. The largest absolute Gasteiger partial charge is 0.384 e. The molecule has 0 bridgehead atoms. The number of carbonyl (C=O) groups excluding carboxylic acids is 1. The molecule has 1 unspecified atom stereocenters. The molecule has 0 aliphatic carbocycles. The average Bonchev–Trinajstić information content (AvgIpc) is 1.87. The molecular formula is C8H13NO2. The average molecular weight is 155 g/mol. The zero-order valence-corrected chi connectivity index (χ0v) is 6.79. The molecule has 0 saturated carbocycles. The number of hydrogen-bond donors (Lipinski definition) is 2. The Hall–Kier alpha value is -1.01. The minimum absolute atomic E-state index is 0.0675. The van der Waals surface area contributed by atoms with E-state index in [0.29, 0.717) is 6.42 Å². The molecule has 62 valence electrons. The molecule has 0 aliphatic rings. The van der Waals surface area contributed by atoms with E-state index in [-0.39, 0.29) is 11.9 Å². The van der Waals surface area contributed by atoms with Gasteiger partial charge in [0.1, 0.15) is 6.10 Å². The Bertz CT molecular complexity index is 169. The first kappa shape index (κ1) is 9.99. The van der Waals surface area contributed by atoms with Gasteiger partial charge < -0.3 is 10.4 Å². The number of terminal acetylenes is 1. The van der Waals surface area contributed by atoms with Crippen LogP contribution in [0.5, 0.6) is 0 Å². The molecule has 3 heteroatoms. The van der Waals surface area contributed by atoms with Gasteiger partial charge in [0, 0.05) is 12.5 Å². The van der Waals surface area contributed by atoms with Crippen LogP contribution in [0.3, 0.4) is 0 Å². The van der Waals surface area contributed by atoms with Crippen LogP contribution in [0, 0.1) is 12.3 Å². The molecule has 2 N–H and O–H groups in total. The zero-order valence-electron chi connectivity index (χ0n) is 6.79. The summed E-state index contributed by atoms with van der Waals surface area (Å²) in [6.07, 6.45) is 4.54. The molecule has 0 rings (SSSR count). The highest BCUT2D eigenvalue weighted by Gasteiger charge is 2.10. The lowest BCUT2D eigenvalue weighted by Crippen LogP contribution is -2.38. The van der Waals surface area contributed by atoms with Crippen LogP contribution in [0.1, 0.15) is 20.3 Å². The Labute approximate surface area is 66.8 Å². The van der Waals surface area contributed by atoms with Gasteiger partial charge in [-0.2, -0.15) is 0 Å². The summed E-state index contributed by atoms with van der Waals surface area (Å²) in [6.45, 7) is 3.21. The normalized spacial score (nSPS) is 14.7. The van der Waals surface area contributed by atoms with Gasteiger partial charge in [0.25, 0.3) is 0 Å². The van der Waals surface area contributed by atoms with E-state index in [1.807, 2.05) is 0 Å². The van der Waals surface area contributed by atoms with Gasteiger partial charge in [-0.1, -0.05) is 0 Å². The van der Waals surface area contributed by atoms with Gasteiger partial charge in [-0.15, -0.1) is 12.3 Å². The number of amides is 1. The molecule has 0 spiro atoms. The molecule has 0 aromatic heterocycles. The standard InChI is InChI=1S/C8H13NO2/c1-4-5-6(2)9-8(11)7(3)10/h1,6-7,10H,5H2,2-3H3,(H,9,11)/t6?,7-/m0/s1. The molecule has 2 atom stereocenters. The van der Waals surface area contributed by atoms with Crippen LogP contribution in [0.25, 0.3) is 0 Å². The lowest BCUT2D eigenvalue weighted by atomic mass is 10.2. The first-order valence-corrected chi connectivity index (χ1v) is 3.49. The third-order valence-corrected chi connectivity index (χ3v) is 1.19. The summed E-state index contributed by atoms with van der Waals surface area (Å²) in [5.74, 6) is 2.03. The molecule has 1 amide bonds. The van der Waals surface area contributed by atoms with E-state index in [1.54, 1.807) is 6.92 Å². The van der Waals surface area contributed by atoms with Crippen molar-refractivity contribution in [1.82, 2.24) is 5.32 Å². The van der Waals surface area contributed by atoms with Gasteiger partial charge in [-0.25, -0.2) is 0 Å². The van der Waals surface area contributed by atoms with Gasteiger partial charge in [-0.3, -0.25) is 4.79 Å². The minimum atomic E-state index is -0.963. The van der Waals surface area contributed by atoms with Crippen molar-refractivity contribution >= 4 is 5.91 Å². The maximum atomic E-state index is 10.8. The van der Waals surface area contributed by atoms with Crippen LogP contribution in [0.2, 0.25) is 0 Å². The second-order valence-corrected chi connectivity index (χ2v) is 2.49. The number of aliphatic hydroxyl groups excluding tert-OH is 1. The van der Waals surface area contributed by atoms with Crippen molar-refractivity contribution in [2.45, 2.75) is 32.4 Å². The topological polar surface area (TPSA) is 49.3 Å². The number of hydrogen-bond acceptors (Lipinski definition) is 2. The van der Waals surface area contributed by atoms with Crippen LogP contribution in [0.15, 0.2) is 0 Å². The summed E-state index contributed by atoms with van der Waals surface area (Å²) in [5.41, 5.74) is 0. The van der Waals surface area contributed by atoms with E-state index >= 15 is 0 Å². The van der Waals surface area contributed by atoms with Crippen LogP contribution in [0.4, 0.5) is 0 Å². The quantitative estimate of drug-likeness (QED) is 0.559.